The second kappa shape index (κ2) is 8.73. The highest BCUT2D eigenvalue weighted by Gasteiger charge is 2.13. The molecule has 7 heteroatoms. The number of nitrogens with one attached hydrogen (secondary N) is 1. The Labute approximate surface area is 160 Å². The first kappa shape index (κ1) is 18.3. The maximum atomic E-state index is 12.1. The summed E-state index contributed by atoms with van der Waals surface area (Å²) in [5, 5.41) is 5.30. The number of thioether (sulfide) groups is 1. The number of hydrogen-bond donors (Lipinski definition) is 1. The topological polar surface area (TPSA) is 60.5 Å². The molecule has 1 aromatic heterocycles. The molecule has 0 bridgehead atoms. The van der Waals surface area contributed by atoms with E-state index >= 15 is 0 Å². The molecule has 0 unspecified atom stereocenters. The van der Waals surface area contributed by atoms with E-state index in [0.29, 0.717) is 22.4 Å². The van der Waals surface area contributed by atoms with Crippen molar-refractivity contribution in [3.8, 4) is 22.8 Å². The van der Waals surface area contributed by atoms with Crippen LogP contribution >= 0.6 is 23.1 Å². The van der Waals surface area contributed by atoms with Crippen molar-refractivity contribution in [2.24, 2.45) is 0 Å². The molecule has 3 rings (SSSR count). The highest BCUT2D eigenvalue weighted by atomic mass is 32.2. The van der Waals surface area contributed by atoms with E-state index in [9.17, 15) is 4.79 Å². The summed E-state index contributed by atoms with van der Waals surface area (Å²) in [6, 6.07) is 15.4. The molecule has 0 aliphatic heterocycles. The molecular formula is C19H18N2O3S2. The van der Waals surface area contributed by atoms with Gasteiger partial charge in [0.15, 0.2) is 5.13 Å². The quantitative estimate of drug-likeness (QED) is 0.603. The molecule has 26 heavy (non-hydrogen) atoms. The molecule has 1 amide bonds. The molecule has 5 nitrogen and oxygen atoms in total. The van der Waals surface area contributed by atoms with Crippen molar-refractivity contribution in [1.29, 1.82) is 0 Å². The predicted molar refractivity (Wildman–Crippen MR) is 106 cm³/mol. The predicted octanol–water partition coefficient (Wildman–Crippen LogP) is 4.56. The first-order valence-electron chi connectivity index (χ1n) is 7.85. The van der Waals surface area contributed by atoms with Crippen LogP contribution < -0.4 is 14.8 Å². The van der Waals surface area contributed by atoms with Gasteiger partial charge in [-0.25, -0.2) is 4.98 Å². The van der Waals surface area contributed by atoms with Gasteiger partial charge in [-0.15, -0.1) is 23.1 Å². The Kier molecular flexibility index (Phi) is 6.14. The molecule has 1 heterocycles. The lowest BCUT2D eigenvalue weighted by Crippen LogP contribution is -2.13. The maximum Gasteiger partial charge on any atom is 0.236 e. The van der Waals surface area contributed by atoms with Crippen LogP contribution in [0.1, 0.15) is 0 Å². The Morgan fingerprint density at radius 1 is 1.15 bits per heavy atom. The molecule has 134 valence electrons. The Hall–Kier alpha value is -2.51. The first-order valence-corrected chi connectivity index (χ1v) is 9.71. The van der Waals surface area contributed by atoms with E-state index in [2.05, 4.69) is 10.3 Å². The van der Waals surface area contributed by atoms with Crippen LogP contribution in [0.5, 0.6) is 11.5 Å². The third-order valence-electron chi connectivity index (χ3n) is 3.55. The van der Waals surface area contributed by atoms with E-state index in [0.717, 1.165) is 16.2 Å². The van der Waals surface area contributed by atoms with Gasteiger partial charge in [0, 0.05) is 21.9 Å². The molecule has 0 aliphatic carbocycles. The summed E-state index contributed by atoms with van der Waals surface area (Å²) < 4.78 is 10.6. The second-order valence-corrected chi connectivity index (χ2v) is 7.16. The van der Waals surface area contributed by atoms with Gasteiger partial charge < -0.3 is 14.8 Å². The summed E-state index contributed by atoms with van der Waals surface area (Å²) in [6.45, 7) is 0. The van der Waals surface area contributed by atoms with Crippen LogP contribution in [0.2, 0.25) is 0 Å². The number of methoxy groups -OCH3 is 2. The van der Waals surface area contributed by atoms with E-state index in [1.807, 2.05) is 53.9 Å². The molecule has 1 N–H and O–H groups in total. The van der Waals surface area contributed by atoms with Gasteiger partial charge in [0.1, 0.15) is 11.5 Å². The number of anilines is 1. The number of thiazole rings is 1. The molecular weight excluding hydrogens is 368 g/mol. The van der Waals surface area contributed by atoms with Gasteiger partial charge in [-0.1, -0.05) is 18.2 Å². The summed E-state index contributed by atoms with van der Waals surface area (Å²) >= 11 is 2.88. The molecule has 0 atom stereocenters. The van der Waals surface area contributed by atoms with Crippen molar-refractivity contribution in [2.75, 3.05) is 25.3 Å². The fourth-order valence-corrected chi connectivity index (χ4v) is 3.73. The SMILES string of the molecule is COc1ccc(-c2csc(NC(=O)CSc3ccccc3)n2)c(OC)c1. The summed E-state index contributed by atoms with van der Waals surface area (Å²) in [6.07, 6.45) is 0. The van der Waals surface area contributed by atoms with Crippen molar-refractivity contribution in [3.63, 3.8) is 0 Å². The summed E-state index contributed by atoms with van der Waals surface area (Å²) in [4.78, 5) is 17.7. The molecule has 0 saturated carbocycles. The number of amides is 1. The first-order chi connectivity index (χ1) is 12.7. The Morgan fingerprint density at radius 2 is 1.96 bits per heavy atom. The Balaban J connectivity index is 1.65. The molecule has 0 spiro atoms. The van der Waals surface area contributed by atoms with Gasteiger partial charge in [-0.05, 0) is 24.3 Å². The molecule has 0 saturated heterocycles. The minimum absolute atomic E-state index is 0.0820. The number of rotatable bonds is 7. The fraction of sp³-hybridized carbons (Fsp3) is 0.158. The molecule has 2 aromatic carbocycles. The number of nitrogens with zero attached hydrogens (tertiary/aromatic N) is 1. The minimum Gasteiger partial charge on any atom is -0.497 e. The number of carbonyl (C=O) groups excluding carboxylic acids is 1. The normalized spacial score (nSPS) is 10.4. The molecule has 0 fully saturated rings. The standard InChI is InChI=1S/C19H18N2O3S2/c1-23-13-8-9-15(17(10-13)24-2)16-11-26-19(20-16)21-18(22)12-25-14-6-4-3-5-7-14/h3-11H,12H2,1-2H3,(H,20,21,22). The van der Waals surface area contributed by atoms with E-state index in [1.165, 1.54) is 23.1 Å². The molecule has 0 aliphatic rings. The van der Waals surface area contributed by atoms with Crippen molar-refractivity contribution < 1.29 is 14.3 Å². The van der Waals surface area contributed by atoms with Gasteiger partial charge in [-0.3, -0.25) is 4.79 Å². The van der Waals surface area contributed by atoms with Crippen LogP contribution in [-0.4, -0.2) is 30.9 Å². The van der Waals surface area contributed by atoms with Gasteiger partial charge in [0.05, 0.1) is 25.7 Å². The van der Waals surface area contributed by atoms with E-state index in [-0.39, 0.29) is 5.91 Å². The maximum absolute atomic E-state index is 12.1. The number of hydrogen-bond acceptors (Lipinski definition) is 6. The number of benzene rings is 2. The Morgan fingerprint density at radius 3 is 2.69 bits per heavy atom. The molecule has 3 aromatic rings. The van der Waals surface area contributed by atoms with Gasteiger partial charge in [0.2, 0.25) is 5.91 Å². The smallest absolute Gasteiger partial charge is 0.236 e. The largest absolute Gasteiger partial charge is 0.497 e. The van der Waals surface area contributed by atoms with Crippen LogP contribution in [0.3, 0.4) is 0 Å². The zero-order chi connectivity index (χ0) is 18.4. The lowest BCUT2D eigenvalue weighted by molar-refractivity contribution is -0.113. The molecule has 0 radical (unpaired) electrons. The van der Waals surface area contributed by atoms with Crippen molar-refractivity contribution in [3.05, 3.63) is 53.9 Å². The monoisotopic (exact) mass is 386 g/mol. The fourth-order valence-electron chi connectivity index (χ4n) is 2.29. The summed E-state index contributed by atoms with van der Waals surface area (Å²) in [7, 11) is 3.21. The highest BCUT2D eigenvalue weighted by Crippen LogP contribution is 2.34. The van der Waals surface area contributed by atoms with Crippen LogP contribution in [0.4, 0.5) is 5.13 Å². The summed E-state index contributed by atoms with van der Waals surface area (Å²) in [5.41, 5.74) is 1.60. The minimum atomic E-state index is -0.0820. The van der Waals surface area contributed by atoms with Crippen molar-refractivity contribution in [2.45, 2.75) is 4.90 Å². The lowest BCUT2D eigenvalue weighted by Gasteiger charge is -2.08. The van der Waals surface area contributed by atoms with Crippen molar-refractivity contribution >= 4 is 34.1 Å². The van der Waals surface area contributed by atoms with Crippen molar-refractivity contribution in [1.82, 2.24) is 4.98 Å². The second-order valence-electron chi connectivity index (χ2n) is 5.25. The van der Waals surface area contributed by atoms with Gasteiger partial charge in [-0.2, -0.15) is 0 Å². The average molecular weight is 386 g/mol. The zero-order valence-electron chi connectivity index (χ0n) is 14.4. The highest BCUT2D eigenvalue weighted by molar-refractivity contribution is 8.00. The number of ether oxygens (including phenoxy) is 2. The van der Waals surface area contributed by atoms with Crippen LogP contribution in [0, 0.1) is 0 Å². The third kappa shape index (κ3) is 4.56. The summed E-state index contributed by atoms with van der Waals surface area (Å²) in [5.74, 6) is 1.64. The average Bonchev–Trinajstić information content (AvgIpc) is 3.14. The van der Waals surface area contributed by atoms with Gasteiger partial charge >= 0.3 is 0 Å². The zero-order valence-corrected chi connectivity index (χ0v) is 16.0. The van der Waals surface area contributed by atoms with Crippen LogP contribution in [0.15, 0.2) is 58.8 Å². The van der Waals surface area contributed by atoms with Crippen LogP contribution in [-0.2, 0) is 4.79 Å². The third-order valence-corrected chi connectivity index (χ3v) is 5.32. The van der Waals surface area contributed by atoms with E-state index in [4.69, 9.17) is 9.47 Å². The Bertz CT molecular complexity index is 882. The van der Waals surface area contributed by atoms with E-state index in [1.54, 1.807) is 14.2 Å². The number of aromatic nitrogens is 1. The van der Waals surface area contributed by atoms with Crippen LogP contribution in [0.25, 0.3) is 11.3 Å². The number of carbonyl (C=O) groups is 1. The lowest BCUT2D eigenvalue weighted by atomic mass is 10.1. The van der Waals surface area contributed by atoms with E-state index < -0.39 is 0 Å². The van der Waals surface area contributed by atoms with Gasteiger partial charge in [0.25, 0.3) is 0 Å².